The second-order valence-corrected chi connectivity index (χ2v) is 5.13. The van der Waals surface area contributed by atoms with Crippen LogP contribution in [0.2, 0.25) is 0 Å². The first-order valence-electron chi connectivity index (χ1n) is 6.60. The van der Waals surface area contributed by atoms with Gasteiger partial charge in [0.05, 0.1) is 7.11 Å². The van der Waals surface area contributed by atoms with Gasteiger partial charge in [-0.05, 0) is 38.9 Å². The number of nitrogens with one attached hydrogen (secondary N) is 1. The van der Waals surface area contributed by atoms with Crippen LogP contribution in [0.3, 0.4) is 0 Å². The van der Waals surface area contributed by atoms with Gasteiger partial charge in [0.25, 0.3) is 0 Å². The molecule has 0 aromatic carbocycles. The van der Waals surface area contributed by atoms with Gasteiger partial charge < -0.3 is 15.0 Å². The van der Waals surface area contributed by atoms with Crippen LogP contribution in [0.5, 0.6) is 0 Å². The Bertz CT molecular complexity index is 238. The van der Waals surface area contributed by atoms with E-state index in [-0.39, 0.29) is 12.0 Å². The van der Waals surface area contributed by atoms with Crippen molar-refractivity contribution < 1.29 is 9.53 Å². The largest absolute Gasteiger partial charge is 0.468 e. The Morgan fingerprint density at radius 2 is 2.06 bits per heavy atom. The van der Waals surface area contributed by atoms with Crippen LogP contribution in [0, 0.1) is 5.92 Å². The molecule has 100 valence electrons. The number of esters is 1. The third kappa shape index (κ3) is 4.28. The zero-order chi connectivity index (χ0) is 12.8. The molecule has 1 N–H and O–H groups in total. The van der Waals surface area contributed by atoms with Crippen molar-refractivity contribution in [3.63, 3.8) is 0 Å². The number of nitrogens with zero attached hydrogens (tertiary/aromatic N) is 1. The van der Waals surface area contributed by atoms with E-state index in [0.29, 0.717) is 12.0 Å². The second-order valence-electron chi connectivity index (χ2n) is 5.13. The first-order chi connectivity index (χ1) is 8.08. The van der Waals surface area contributed by atoms with Crippen molar-refractivity contribution in [2.45, 2.75) is 45.2 Å². The topological polar surface area (TPSA) is 41.6 Å². The number of hydrogen-bond acceptors (Lipinski definition) is 4. The van der Waals surface area contributed by atoms with Gasteiger partial charge in [0.15, 0.2) is 0 Å². The van der Waals surface area contributed by atoms with E-state index in [1.807, 2.05) is 0 Å². The average molecular weight is 242 g/mol. The van der Waals surface area contributed by atoms with Crippen LogP contribution in [-0.4, -0.2) is 50.2 Å². The van der Waals surface area contributed by atoms with E-state index >= 15 is 0 Å². The van der Waals surface area contributed by atoms with E-state index in [9.17, 15) is 4.79 Å². The SMILES string of the molecule is CCC(C)C(NC1CCN(C)CC1)C(=O)OC. The summed E-state index contributed by atoms with van der Waals surface area (Å²) in [5.74, 6) is 0.195. The number of carbonyl (C=O) groups is 1. The summed E-state index contributed by atoms with van der Waals surface area (Å²) in [7, 11) is 3.61. The minimum Gasteiger partial charge on any atom is -0.468 e. The summed E-state index contributed by atoms with van der Waals surface area (Å²) in [6, 6.07) is 0.294. The molecule has 1 aliphatic heterocycles. The molecule has 1 heterocycles. The van der Waals surface area contributed by atoms with Crippen molar-refractivity contribution in [1.29, 1.82) is 0 Å². The molecule has 1 saturated heterocycles. The number of rotatable bonds is 5. The highest BCUT2D eigenvalue weighted by atomic mass is 16.5. The predicted octanol–water partition coefficient (Wildman–Crippen LogP) is 1.26. The fourth-order valence-corrected chi connectivity index (χ4v) is 2.26. The number of hydrogen-bond donors (Lipinski definition) is 1. The molecule has 0 radical (unpaired) electrons. The highest BCUT2D eigenvalue weighted by molar-refractivity contribution is 5.76. The summed E-state index contributed by atoms with van der Waals surface area (Å²) < 4.78 is 4.89. The van der Waals surface area contributed by atoms with Crippen LogP contribution in [0.4, 0.5) is 0 Å². The van der Waals surface area contributed by atoms with Crippen molar-refractivity contribution in [1.82, 2.24) is 10.2 Å². The lowest BCUT2D eigenvalue weighted by atomic mass is 9.96. The monoisotopic (exact) mass is 242 g/mol. The molecule has 2 unspecified atom stereocenters. The van der Waals surface area contributed by atoms with Gasteiger partial charge in [0.2, 0.25) is 0 Å². The molecule has 17 heavy (non-hydrogen) atoms. The van der Waals surface area contributed by atoms with Crippen molar-refractivity contribution in [2.75, 3.05) is 27.2 Å². The van der Waals surface area contributed by atoms with Crippen LogP contribution in [0.15, 0.2) is 0 Å². The number of carbonyl (C=O) groups excluding carboxylic acids is 1. The summed E-state index contributed by atoms with van der Waals surface area (Å²) >= 11 is 0. The third-order valence-corrected chi connectivity index (χ3v) is 3.80. The molecule has 0 spiro atoms. The molecule has 1 aliphatic rings. The van der Waals surface area contributed by atoms with Crippen molar-refractivity contribution in [2.24, 2.45) is 5.92 Å². The maximum absolute atomic E-state index is 11.8. The quantitative estimate of drug-likeness (QED) is 0.737. The lowest BCUT2D eigenvalue weighted by Crippen LogP contribution is -2.51. The zero-order valence-corrected chi connectivity index (χ0v) is 11.5. The number of piperidine rings is 1. The van der Waals surface area contributed by atoms with Gasteiger partial charge in [0.1, 0.15) is 6.04 Å². The predicted molar refractivity (Wildman–Crippen MR) is 68.9 cm³/mol. The average Bonchev–Trinajstić information content (AvgIpc) is 2.36. The summed E-state index contributed by atoms with van der Waals surface area (Å²) in [5, 5.41) is 3.48. The Morgan fingerprint density at radius 3 is 2.53 bits per heavy atom. The van der Waals surface area contributed by atoms with E-state index in [2.05, 4.69) is 31.1 Å². The van der Waals surface area contributed by atoms with Gasteiger partial charge in [-0.25, -0.2) is 0 Å². The first kappa shape index (κ1) is 14.5. The number of likely N-dealkylation sites (tertiary alicyclic amines) is 1. The van der Waals surface area contributed by atoms with Gasteiger partial charge in [-0.3, -0.25) is 4.79 Å². The molecular formula is C13H26N2O2. The number of methoxy groups -OCH3 is 1. The van der Waals surface area contributed by atoms with Gasteiger partial charge in [-0.1, -0.05) is 20.3 Å². The Kier molecular flexibility index (Phi) is 5.92. The molecule has 4 nitrogen and oxygen atoms in total. The van der Waals surface area contributed by atoms with E-state index in [1.54, 1.807) is 0 Å². The summed E-state index contributed by atoms with van der Waals surface area (Å²) in [6.07, 6.45) is 3.21. The van der Waals surface area contributed by atoms with E-state index in [1.165, 1.54) is 7.11 Å². The third-order valence-electron chi connectivity index (χ3n) is 3.80. The number of ether oxygens (including phenoxy) is 1. The lowest BCUT2D eigenvalue weighted by Gasteiger charge is -2.33. The standard InChI is InChI=1S/C13H26N2O2/c1-5-10(2)12(13(16)17-4)14-11-6-8-15(3)9-7-11/h10-12,14H,5-9H2,1-4H3. The fraction of sp³-hybridized carbons (Fsp3) is 0.923. The molecule has 0 amide bonds. The molecule has 4 heteroatoms. The molecule has 0 saturated carbocycles. The van der Waals surface area contributed by atoms with Gasteiger partial charge in [-0.15, -0.1) is 0 Å². The molecule has 0 aliphatic carbocycles. The molecule has 0 bridgehead atoms. The normalized spacial score (nSPS) is 22.1. The van der Waals surface area contributed by atoms with Crippen LogP contribution >= 0.6 is 0 Å². The van der Waals surface area contributed by atoms with Crippen LogP contribution in [-0.2, 0) is 9.53 Å². The highest BCUT2D eigenvalue weighted by Crippen LogP contribution is 2.14. The highest BCUT2D eigenvalue weighted by Gasteiger charge is 2.28. The van der Waals surface area contributed by atoms with Crippen LogP contribution < -0.4 is 5.32 Å². The van der Waals surface area contributed by atoms with Gasteiger partial charge in [0, 0.05) is 6.04 Å². The van der Waals surface area contributed by atoms with Crippen molar-refractivity contribution in [3.05, 3.63) is 0 Å². The summed E-state index contributed by atoms with van der Waals surface area (Å²) in [4.78, 5) is 14.1. The van der Waals surface area contributed by atoms with E-state index in [0.717, 1.165) is 32.4 Å². The van der Waals surface area contributed by atoms with E-state index in [4.69, 9.17) is 4.74 Å². The minimum absolute atomic E-state index is 0.127. The van der Waals surface area contributed by atoms with Gasteiger partial charge in [-0.2, -0.15) is 0 Å². The maximum Gasteiger partial charge on any atom is 0.323 e. The smallest absolute Gasteiger partial charge is 0.323 e. The second kappa shape index (κ2) is 6.97. The Balaban J connectivity index is 2.51. The molecule has 0 aromatic heterocycles. The Labute approximate surface area is 105 Å². The Hall–Kier alpha value is -0.610. The molecule has 0 aromatic rings. The summed E-state index contributed by atoms with van der Waals surface area (Å²) in [5.41, 5.74) is 0. The van der Waals surface area contributed by atoms with Gasteiger partial charge >= 0.3 is 5.97 Å². The molecule has 2 atom stereocenters. The maximum atomic E-state index is 11.8. The first-order valence-corrected chi connectivity index (χ1v) is 6.60. The van der Waals surface area contributed by atoms with Crippen LogP contribution in [0.25, 0.3) is 0 Å². The van der Waals surface area contributed by atoms with Crippen LogP contribution in [0.1, 0.15) is 33.1 Å². The van der Waals surface area contributed by atoms with Crippen molar-refractivity contribution >= 4 is 5.97 Å². The zero-order valence-electron chi connectivity index (χ0n) is 11.5. The lowest BCUT2D eigenvalue weighted by molar-refractivity contribution is -0.144. The van der Waals surface area contributed by atoms with E-state index < -0.39 is 0 Å². The molecule has 1 fully saturated rings. The Morgan fingerprint density at radius 1 is 1.47 bits per heavy atom. The molecule has 1 rings (SSSR count). The van der Waals surface area contributed by atoms with Crippen molar-refractivity contribution in [3.8, 4) is 0 Å². The fourth-order valence-electron chi connectivity index (χ4n) is 2.26. The molecular weight excluding hydrogens is 216 g/mol. The summed E-state index contributed by atoms with van der Waals surface area (Å²) in [6.45, 7) is 6.42. The minimum atomic E-state index is -0.154.